The van der Waals surface area contributed by atoms with Crippen LogP contribution < -0.4 is 0 Å². The molecule has 0 aliphatic carbocycles. The zero-order valence-electron chi connectivity index (χ0n) is 12.1. The molecule has 0 bridgehead atoms. The van der Waals surface area contributed by atoms with Gasteiger partial charge in [0.15, 0.2) is 0 Å². The molecule has 0 spiro atoms. The molecule has 1 aliphatic rings. The van der Waals surface area contributed by atoms with Crippen LogP contribution in [-0.2, 0) is 4.74 Å². The van der Waals surface area contributed by atoms with Crippen LogP contribution in [0.3, 0.4) is 0 Å². The van der Waals surface area contributed by atoms with Crippen LogP contribution in [0.2, 0.25) is 6.32 Å². The lowest BCUT2D eigenvalue weighted by Gasteiger charge is -2.26. The number of rotatable bonds is 2. The van der Waals surface area contributed by atoms with Crippen molar-refractivity contribution in [2.24, 2.45) is 5.92 Å². The number of alkyl halides is 2. The second-order valence-electron chi connectivity index (χ2n) is 6.18. The summed E-state index contributed by atoms with van der Waals surface area (Å²) in [5, 5.41) is 17.7. The highest BCUT2D eigenvalue weighted by Gasteiger charge is 2.44. The van der Waals surface area contributed by atoms with Gasteiger partial charge in [0.25, 0.3) is 5.92 Å². The molecule has 0 radical (unpaired) electrons. The Bertz CT molecular complexity index is 347. The van der Waals surface area contributed by atoms with Gasteiger partial charge >= 0.3 is 13.2 Å². The second kappa shape index (κ2) is 6.26. The minimum absolute atomic E-state index is 0.0177. The van der Waals surface area contributed by atoms with E-state index < -0.39 is 43.4 Å². The predicted molar refractivity (Wildman–Crippen MR) is 70.5 cm³/mol. The van der Waals surface area contributed by atoms with Crippen LogP contribution in [0.15, 0.2) is 0 Å². The van der Waals surface area contributed by atoms with E-state index in [2.05, 4.69) is 0 Å². The minimum atomic E-state index is -3.01. The van der Waals surface area contributed by atoms with Gasteiger partial charge in [0.05, 0.1) is 0 Å². The molecular formula is C12H22BF2NO4. The highest BCUT2D eigenvalue weighted by molar-refractivity contribution is 6.41. The van der Waals surface area contributed by atoms with E-state index in [0.29, 0.717) is 0 Å². The van der Waals surface area contributed by atoms with Crippen LogP contribution in [0, 0.1) is 5.92 Å². The number of halogens is 2. The van der Waals surface area contributed by atoms with Gasteiger partial charge < -0.3 is 19.7 Å². The van der Waals surface area contributed by atoms with Crippen molar-refractivity contribution in [1.29, 1.82) is 0 Å². The zero-order chi connectivity index (χ0) is 15.6. The van der Waals surface area contributed by atoms with Crippen LogP contribution in [0.4, 0.5) is 13.6 Å². The predicted octanol–water partition coefficient (Wildman–Crippen LogP) is 1.74. The molecule has 5 nitrogen and oxygen atoms in total. The molecule has 20 heavy (non-hydrogen) atoms. The fourth-order valence-corrected chi connectivity index (χ4v) is 2.18. The Labute approximate surface area is 118 Å². The first kappa shape index (κ1) is 17.2. The molecule has 1 saturated heterocycles. The molecule has 1 atom stereocenters. The Morgan fingerprint density at radius 3 is 2.50 bits per heavy atom. The number of nitrogens with zero attached hydrogens (tertiary/aromatic N) is 1. The van der Waals surface area contributed by atoms with Crippen molar-refractivity contribution in [3.8, 4) is 0 Å². The molecule has 1 rings (SSSR count). The maximum Gasteiger partial charge on any atom is 0.451 e. The van der Waals surface area contributed by atoms with Crippen LogP contribution in [-0.4, -0.2) is 52.8 Å². The summed E-state index contributed by atoms with van der Waals surface area (Å²) < 4.78 is 32.9. The van der Waals surface area contributed by atoms with Gasteiger partial charge in [0.2, 0.25) is 0 Å². The highest BCUT2D eigenvalue weighted by Crippen LogP contribution is 2.36. The van der Waals surface area contributed by atoms with Gasteiger partial charge in [0, 0.05) is 25.4 Å². The normalized spacial score (nSPS) is 23.1. The third-order valence-electron chi connectivity index (χ3n) is 3.21. The van der Waals surface area contributed by atoms with Gasteiger partial charge in [-0.1, -0.05) is 0 Å². The average molecular weight is 293 g/mol. The first-order chi connectivity index (χ1) is 9.01. The SMILES string of the molecule is CC(C)(C)OC(=O)N1CCC(CB(O)O)C(F)(F)CC1. The van der Waals surface area contributed by atoms with Crippen molar-refractivity contribution in [2.75, 3.05) is 13.1 Å². The van der Waals surface area contributed by atoms with Gasteiger partial charge in [-0.25, -0.2) is 13.6 Å². The summed E-state index contributed by atoms with van der Waals surface area (Å²) in [6.45, 7) is 5.16. The maximum absolute atomic E-state index is 13.9. The fourth-order valence-electron chi connectivity index (χ4n) is 2.18. The molecular weight excluding hydrogens is 271 g/mol. The molecule has 1 fully saturated rings. The Balaban J connectivity index is 2.67. The average Bonchev–Trinajstić information content (AvgIpc) is 2.36. The lowest BCUT2D eigenvalue weighted by atomic mass is 9.74. The molecule has 1 unspecified atom stereocenters. The molecule has 8 heteroatoms. The zero-order valence-corrected chi connectivity index (χ0v) is 12.1. The molecule has 2 N–H and O–H groups in total. The van der Waals surface area contributed by atoms with Crippen LogP contribution in [0.5, 0.6) is 0 Å². The summed E-state index contributed by atoms with van der Waals surface area (Å²) >= 11 is 0. The Kier molecular flexibility index (Phi) is 5.37. The Hall–Kier alpha value is -0.885. The lowest BCUT2D eigenvalue weighted by Crippen LogP contribution is -2.37. The summed E-state index contributed by atoms with van der Waals surface area (Å²) in [6.07, 6.45) is -1.48. The van der Waals surface area contributed by atoms with Crippen molar-refractivity contribution < 1.29 is 28.4 Å². The van der Waals surface area contributed by atoms with Crippen LogP contribution in [0.1, 0.15) is 33.6 Å². The number of hydrogen-bond donors (Lipinski definition) is 2. The Morgan fingerprint density at radius 2 is 2.00 bits per heavy atom. The fraction of sp³-hybridized carbons (Fsp3) is 0.917. The van der Waals surface area contributed by atoms with Crippen molar-refractivity contribution in [3.63, 3.8) is 0 Å². The topological polar surface area (TPSA) is 70.0 Å². The van der Waals surface area contributed by atoms with E-state index in [1.165, 1.54) is 4.90 Å². The second-order valence-corrected chi connectivity index (χ2v) is 6.18. The minimum Gasteiger partial charge on any atom is -0.444 e. The quantitative estimate of drug-likeness (QED) is 0.761. The summed E-state index contributed by atoms with van der Waals surface area (Å²) in [7, 11) is -1.76. The van der Waals surface area contributed by atoms with Crippen LogP contribution in [0.25, 0.3) is 0 Å². The number of carbonyl (C=O) groups is 1. The number of carbonyl (C=O) groups excluding carboxylic acids is 1. The smallest absolute Gasteiger partial charge is 0.444 e. The van der Waals surface area contributed by atoms with E-state index >= 15 is 0 Å². The molecule has 0 aromatic heterocycles. The van der Waals surface area contributed by atoms with Gasteiger partial charge in [-0.05, 0) is 33.5 Å². The maximum atomic E-state index is 13.9. The van der Waals surface area contributed by atoms with Crippen molar-refractivity contribution >= 4 is 13.2 Å². The monoisotopic (exact) mass is 293 g/mol. The summed E-state index contributed by atoms with van der Waals surface area (Å²) in [4.78, 5) is 13.1. The first-order valence-electron chi connectivity index (χ1n) is 6.73. The van der Waals surface area contributed by atoms with Crippen molar-refractivity contribution in [1.82, 2.24) is 4.90 Å². The highest BCUT2D eigenvalue weighted by atomic mass is 19.3. The third kappa shape index (κ3) is 5.24. The summed E-state index contributed by atoms with van der Waals surface area (Å²) in [6, 6.07) is 0. The summed E-state index contributed by atoms with van der Waals surface area (Å²) in [5.41, 5.74) is -0.674. The van der Waals surface area contributed by atoms with Crippen molar-refractivity contribution in [2.45, 2.75) is 51.5 Å². The molecule has 0 saturated carbocycles. The van der Waals surface area contributed by atoms with E-state index in [0.717, 1.165) is 0 Å². The molecule has 1 heterocycles. The lowest BCUT2D eigenvalue weighted by molar-refractivity contribution is -0.0563. The number of hydrogen-bond acceptors (Lipinski definition) is 4. The Morgan fingerprint density at radius 1 is 1.40 bits per heavy atom. The van der Waals surface area contributed by atoms with Crippen molar-refractivity contribution in [3.05, 3.63) is 0 Å². The molecule has 0 aromatic rings. The van der Waals surface area contributed by atoms with Crippen LogP contribution >= 0.6 is 0 Å². The summed E-state index contributed by atoms with van der Waals surface area (Å²) in [5.74, 6) is -4.16. The van der Waals surface area contributed by atoms with Gasteiger partial charge in [-0.15, -0.1) is 0 Å². The first-order valence-corrected chi connectivity index (χ1v) is 6.73. The standard InChI is InChI=1S/C12H22BF2NO4/c1-11(2,3)20-10(17)16-6-4-9(8-13(18)19)12(14,15)5-7-16/h9,18-19H,4-8H2,1-3H3. The van der Waals surface area contributed by atoms with Gasteiger partial charge in [-0.3, -0.25) is 0 Å². The van der Waals surface area contributed by atoms with E-state index in [9.17, 15) is 13.6 Å². The van der Waals surface area contributed by atoms with E-state index in [4.69, 9.17) is 14.8 Å². The van der Waals surface area contributed by atoms with E-state index in [1.807, 2.05) is 0 Å². The number of likely N-dealkylation sites (tertiary alicyclic amines) is 1. The van der Waals surface area contributed by atoms with Gasteiger partial charge in [0.1, 0.15) is 5.60 Å². The number of amides is 1. The molecule has 116 valence electrons. The third-order valence-corrected chi connectivity index (χ3v) is 3.21. The largest absolute Gasteiger partial charge is 0.451 e. The molecule has 0 aromatic carbocycles. The van der Waals surface area contributed by atoms with Gasteiger partial charge in [-0.2, -0.15) is 0 Å². The molecule has 1 amide bonds. The number of ether oxygens (including phenoxy) is 1. The van der Waals surface area contributed by atoms with E-state index in [1.54, 1.807) is 20.8 Å². The van der Waals surface area contributed by atoms with E-state index in [-0.39, 0.29) is 19.5 Å². The molecule has 1 aliphatic heterocycles.